The minimum absolute atomic E-state index is 0.0863. The quantitative estimate of drug-likeness (QED) is 0.885. The van der Waals surface area contributed by atoms with Gasteiger partial charge in [-0.3, -0.25) is 0 Å². The van der Waals surface area contributed by atoms with Gasteiger partial charge < -0.3 is 15.4 Å². The first-order valence-electron chi connectivity index (χ1n) is 7.36. The molecule has 4 nitrogen and oxygen atoms in total. The zero-order valence-electron chi connectivity index (χ0n) is 12.5. The van der Waals surface area contributed by atoms with Gasteiger partial charge in [0, 0.05) is 12.3 Å². The lowest BCUT2D eigenvalue weighted by Crippen LogP contribution is -2.44. The van der Waals surface area contributed by atoms with E-state index in [9.17, 15) is 4.79 Å². The molecule has 0 radical (unpaired) electrons. The van der Waals surface area contributed by atoms with E-state index in [1.54, 1.807) is 0 Å². The average molecular weight is 276 g/mol. The molecule has 0 bridgehead atoms. The predicted octanol–water partition coefficient (Wildman–Crippen LogP) is 3.38. The van der Waals surface area contributed by atoms with Gasteiger partial charge in [-0.05, 0) is 44.7 Å². The summed E-state index contributed by atoms with van der Waals surface area (Å²) < 4.78 is 5.65. The van der Waals surface area contributed by atoms with Crippen LogP contribution in [-0.2, 0) is 4.74 Å². The number of rotatable bonds is 4. The number of nitrogens with one attached hydrogen (secondary N) is 2. The molecule has 1 aliphatic rings. The summed E-state index contributed by atoms with van der Waals surface area (Å²) in [6.07, 6.45) is 3.15. The summed E-state index contributed by atoms with van der Waals surface area (Å²) in [6.45, 7) is 6.92. The van der Waals surface area contributed by atoms with E-state index < -0.39 is 0 Å². The Morgan fingerprint density at radius 3 is 2.85 bits per heavy atom. The Morgan fingerprint density at radius 1 is 1.45 bits per heavy atom. The number of ether oxygens (including phenoxy) is 1. The van der Waals surface area contributed by atoms with Crippen LogP contribution in [-0.4, -0.2) is 24.8 Å². The highest BCUT2D eigenvalue weighted by Gasteiger charge is 2.25. The van der Waals surface area contributed by atoms with Crippen LogP contribution in [0.3, 0.4) is 0 Å². The molecule has 0 unspecified atom stereocenters. The molecule has 20 heavy (non-hydrogen) atoms. The number of amides is 2. The van der Waals surface area contributed by atoms with Gasteiger partial charge in [-0.25, -0.2) is 4.79 Å². The van der Waals surface area contributed by atoms with Crippen molar-refractivity contribution in [3.63, 3.8) is 0 Å². The second-order valence-corrected chi connectivity index (χ2v) is 5.48. The van der Waals surface area contributed by atoms with Crippen LogP contribution in [0.4, 0.5) is 10.5 Å². The molecule has 1 aliphatic heterocycles. The molecule has 1 aromatic carbocycles. The second kappa shape index (κ2) is 6.75. The number of hydrogen-bond donors (Lipinski definition) is 2. The molecule has 4 heteroatoms. The van der Waals surface area contributed by atoms with E-state index in [2.05, 4.69) is 23.6 Å². The van der Waals surface area contributed by atoms with Gasteiger partial charge in [0.25, 0.3) is 0 Å². The van der Waals surface area contributed by atoms with Gasteiger partial charge in [-0.1, -0.05) is 24.6 Å². The van der Waals surface area contributed by atoms with E-state index in [0.29, 0.717) is 0 Å². The molecule has 110 valence electrons. The SMILES string of the molecule is CC[C@H](NC(=O)Nc1ccc(C)cc1C)[C@@H]1CCCO1. The van der Waals surface area contributed by atoms with Gasteiger partial charge >= 0.3 is 6.03 Å². The lowest BCUT2D eigenvalue weighted by molar-refractivity contribution is 0.0804. The third kappa shape index (κ3) is 3.73. The molecule has 0 aromatic heterocycles. The van der Waals surface area contributed by atoms with E-state index in [0.717, 1.165) is 37.1 Å². The smallest absolute Gasteiger partial charge is 0.319 e. The fourth-order valence-electron chi connectivity index (χ4n) is 2.66. The summed E-state index contributed by atoms with van der Waals surface area (Å²) in [5, 5.41) is 5.94. The average Bonchev–Trinajstić information content (AvgIpc) is 2.93. The third-order valence-electron chi connectivity index (χ3n) is 3.80. The van der Waals surface area contributed by atoms with Gasteiger partial charge in [-0.2, -0.15) is 0 Å². The molecule has 2 amide bonds. The zero-order chi connectivity index (χ0) is 14.5. The molecule has 0 saturated carbocycles. The summed E-state index contributed by atoms with van der Waals surface area (Å²) in [6, 6.07) is 5.94. The fourth-order valence-corrected chi connectivity index (χ4v) is 2.66. The number of anilines is 1. The summed E-state index contributed by atoms with van der Waals surface area (Å²) >= 11 is 0. The Morgan fingerprint density at radius 2 is 2.25 bits per heavy atom. The van der Waals surface area contributed by atoms with Crippen LogP contribution in [0.1, 0.15) is 37.3 Å². The Labute approximate surface area is 120 Å². The van der Waals surface area contributed by atoms with Gasteiger partial charge in [-0.15, -0.1) is 0 Å². The molecule has 1 saturated heterocycles. The number of aryl methyl sites for hydroxylation is 2. The van der Waals surface area contributed by atoms with Gasteiger partial charge in [0.2, 0.25) is 0 Å². The molecule has 1 fully saturated rings. The minimum atomic E-state index is -0.153. The second-order valence-electron chi connectivity index (χ2n) is 5.48. The Bertz CT molecular complexity index is 468. The molecular formula is C16H24N2O2. The van der Waals surface area contributed by atoms with Crippen LogP contribution in [0.2, 0.25) is 0 Å². The highest BCUT2D eigenvalue weighted by molar-refractivity contribution is 5.90. The maximum Gasteiger partial charge on any atom is 0.319 e. The summed E-state index contributed by atoms with van der Waals surface area (Å²) in [5.74, 6) is 0. The Balaban J connectivity index is 1.93. The van der Waals surface area contributed by atoms with Crippen molar-refractivity contribution in [2.75, 3.05) is 11.9 Å². The first kappa shape index (κ1) is 14.9. The standard InChI is InChI=1S/C16H24N2O2/c1-4-13(15-6-5-9-20-15)17-16(19)18-14-8-7-11(2)10-12(14)3/h7-8,10,13,15H,4-6,9H2,1-3H3,(H2,17,18,19)/t13-,15-/m0/s1. The number of carbonyl (C=O) groups is 1. The zero-order valence-corrected chi connectivity index (χ0v) is 12.5. The normalized spacial score (nSPS) is 19.6. The maximum absolute atomic E-state index is 12.1. The van der Waals surface area contributed by atoms with Crippen molar-refractivity contribution >= 4 is 11.7 Å². The molecule has 2 rings (SSSR count). The molecule has 2 N–H and O–H groups in total. The van der Waals surface area contributed by atoms with Crippen molar-refractivity contribution in [2.45, 2.75) is 52.2 Å². The number of hydrogen-bond acceptors (Lipinski definition) is 2. The summed E-state index contributed by atoms with van der Waals surface area (Å²) in [4.78, 5) is 12.1. The van der Waals surface area contributed by atoms with Crippen molar-refractivity contribution < 1.29 is 9.53 Å². The summed E-state index contributed by atoms with van der Waals surface area (Å²) in [5.41, 5.74) is 3.12. The molecule has 2 atom stereocenters. The van der Waals surface area contributed by atoms with Crippen LogP contribution in [0.15, 0.2) is 18.2 Å². The van der Waals surface area contributed by atoms with Crippen molar-refractivity contribution in [3.05, 3.63) is 29.3 Å². The Kier molecular flexibility index (Phi) is 5.01. The molecule has 0 aliphatic carbocycles. The van der Waals surface area contributed by atoms with E-state index >= 15 is 0 Å². The first-order valence-corrected chi connectivity index (χ1v) is 7.36. The number of urea groups is 1. The van der Waals surface area contributed by atoms with Crippen LogP contribution in [0.25, 0.3) is 0 Å². The monoisotopic (exact) mass is 276 g/mol. The van der Waals surface area contributed by atoms with Crippen LogP contribution in [0, 0.1) is 13.8 Å². The molecule has 1 heterocycles. The largest absolute Gasteiger partial charge is 0.376 e. The lowest BCUT2D eigenvalue weighted by Gasteiger charge is -2.23. The minimum Gasteiger partial charge on any atom is -0.376 e. The summed E-state index contributed by atoms with van der Waals surface area (Å²) in [7, 11) is 0. The highest BCUT2D eigenvalue weighted by Crippen LogP contribution is 2.19. The molecular weight excluding hydrogens is 252 g/mol. The fraction of sp³-hybridized carbons (Fsp3) is 0.562. The van der Waals surface area contributed by atoms with Gasteiger partial charge in [0.1, 0.15) is 0 Å². The van der Waals surface area contributed by atoms with E-state index in [1.165, 1.54) is 5.56 Å². The van der Waals surface area contributed by atoms with Crippen molar-refractivity contribution in [2.24, 2.45) is 0 Å². The van der Waals surface area contributed by atoms with E-state index in [4.69, 9.17) is 4.74 Å². The van der Waals surface area contributed by atoms with Crippen LogP contribution >= 0.6 is 0 Å². The van der Waals surface area contributed by atoms with Gasteiger partial charge in [0.15, 0.2) is 0 Å². The van der Waals surface area contributed by atoms with Gasteiger partial charge in [0.05, 0.1) is 12.1 Å². The van der Waals surface area contributed by atoms with Crippen molar-refractivity contribution in [3.8, 4) is 0 Å². The Hall–Kier alpha value is -1.55. The lowest BCUT2D eigenvalue weighted by atomic mass is 10.1. The van der Waals surface area contributed by atoms with Crippen molar-refractivity contribution in [1.82, 2.24) is 5.32 Å². The highest BCUT2D eigenvalue weighted by atomic mass is 16.5. The van der Waals surface area contributed by atoms with E-state index in [-0.39, 0.29) is 18.2 Å². The predicted molar refractivity (Wildman–Crippen MR) is 81.1 cm³/mol. The van der Waals surface area contributed by atoms with E-state index in [1.807, 2.05) is 26.0 Å². The topological polar surface area (TPSA) is 50.4 Å². The number of benzene rings is 1. The van der Waals surface area contributed by atoms with Crippen molar-refractivity contribution in [1.29, 1.82) is 0 Å². The van der Waals surface area contributed by atoms with Crippen LogP contribution < -0.4 is 10.6 Å². The number of carbonyl (C=O) groups excluding carboxylic acids is 1. The van der Waals surface area contributed by atoms with Crippen LogP contribution in [0.5, 0.6) is 0 Å². The molecule has 0 spiro atoms. The first-order chi connectivity index (χ1) is 9.60. The molecule has 1 aromatic rings. The maximum atomic E-state index is 12.1. The third-order valence-corrected chi connectivity index (χ3v) is 3.80.